The highest BCUT2D eigenvalue weighted by molar-refractivity contribution is 6.32. The number of aryl methyl sites for hydroxylation is 1. The molecule has 5 rings (SSSR count). The van der Waals surface area contributed by atoms with Crippen LogP contribution in [0.3, 0.4) is 0 Å². The number of amides is 1. The molecule has 0 saturated carbocycles. The van der Waals surface area contributed by atoms with Gasteiger partial charge in [0.25, 0.3) is 5.91 Å². The molecule has 0 N–H and O–H groups in total. The molecular weight excluding hydrogens is 480 g/mol. The summed E-state index contributed by atoms with van der Waals surface area (Å²) in [4.78, 5) is 21.5. The molecule has 0 aliphatic carbocycles. The number of halogens is 1. The summed E-state index contributed by atoms with van der Waals surface area (Å²) in [7, 11) is 1.65. The fraction of sp³-hybridized carbons (Fsp3) is 0.188. The first-order valence-electron chi connectivity index (χ1n) is 12.3. The van der Waals surface area contributed by atoms with Crippen molar-refractivity contribution in [2.75, 3.05) is 12.0 Å². The Morgan fingerprint density at radius 2 is 1.57 bits per heavy atom. The van der Waals surface area contributed by atoms with Gasteiger partial charge in [-0.25, -0.2) is 0 Å². The van der Waals surface area contributed by atoms with E-state index in [0.717, 1.165) is 39.4 Å². The zero-order valence-electron chi connectivity index (χ0n) is 21.2. The van der Waals surface area contributed by atoms with Crippen molar-refractivity contribution in [3.63, 3.8) is 0 Å². The van der Waals surface area contributed by atoms with Crippen LogP contribution in [0.1, 0.15) is 34.7 Å². The van der Waals surface area contributed by atoms with Gasteiger partial charge < -0.3 is 9.64 Å². The second kappa shape index (κ2) is 10.2. The van der Waals surface area contributed by atoms with E-state index in [1.807, 2.05) is 84.6 Å². The molecule has 0 fully saturated rings. The Morgan fingerprint density at radius 1 is 0.892 bits per heavy atom. The Morgan fingerprint density at radius 3 is 2.24 bits per heavy atom. The van der Waals surface area contributed by atoms with Crippen LogP contribution in [0.4, 0.5) is 5.69 Å². The standard InChI is InChI=1S/C32H29ClN2O2/c1-22-9-11-23(12-10-22)20-32(2)31(36)35(21-24-13-16-27(37-3)17-14-24)29-18-15-26(33)19-28(29)30(34-32)25-7-5-4-6-8-25/h4-19H,20-21H2,1-3H3/t32-/m1/s1. The van der Waals surface area contributed by atoms with Crippen LogP contribution in [-0.2, 0) is 17.8 Å². The number of hydrogen-bond acceptors (Lipinski definition) is 3. The fourth-order valence-electron chi connectivity index (χ4n) is 4.79. The number of ether oxygens (including phenoxy) is 1. The molecule has 0 bridgehead atoms. The minimum atomic E-state index is -1.03. The van der Waals surface area contributed by atoms with E-state index >= 15 is 0 Å². The van der Waals surface area contributed by atoms with Crippen molar-refractivity contribution in [1.82, 2.24) is 0 Å². The summed E-state index contributed by atoms with van der Waals surface area (Å²) in [5.74, 6) is 0.718. The number of fused-ring (bicyclic) bond motifs is 1. The number of nitrogens with zero attached hydrogens (tertiary/aromatic N) is 2. The van der Waals surface area contributed by atoms with Gasteiger partial charge in [0.2, 0.25) is 0 Å². The maximum Gasteiger partial charge on any atom is 0.255 e. The first-order valence-corrected chi connectivity index (χ1v) is 12.7. The molecule has 0 spiro atoms. The Kier molecular flexibility index (Phi) is 6.86. The number of anilines is 1. The molecule has 4 aromatic carbocycles. The third kappa shape index (κ3) is 5.16. The largest absolute Gasteiger partial charge is 0.497 e. The summed E-state index contributed by atoms with van der Waals surface area (Å²) in [5, 5.41) is 0.598. The van der Waals surface area contributed by atoms with Crippen LogP contribution in [0.15, 0.2) is 102 Å². The van der Waals surface area contributed by atoms with Gasteiger partial charge in [-0.15, -0.1) is 0 Å². The molecule has 1 aliphatic heterocycles. The SMILES string of the molecule is COc1ccc(CN2C(=O)[C@@](C)(Cc3ccc(C)cc3)N=C(c3ccccc3)c3cc(Cl)ccc32)cc1. The smallest absolute Gasteiger partial charge is 0.255 e. The highest BCUT2D eigenvalue weighted by atomic mass is 35.5. The molecule has 37 heavy (non-hydrogen) atoms. The molecule has 5 heteroatoms. The highest BCUT2D eigenvalue weighted by Gasteiger charge is 2.41. The van der Waals surface area contributed by atoms with Gasteiger partial charge in [-0.2, -0.15) is 0 Å². The summed E-state index contributed by atoms with van der Waals surface area (Å²) in [6, 6.07) is 31.8. The molecule has 0 aromatic heterocycles. The molecular formula is C32H29ClN2O2. The van der Waals surface area contributed by atoms with Crippen molar-refractivity contribution >= 4 is 28.9 Å². The van der Waals surface area contributed by atoms with Crippen LogP contribution in [0.5, 0.6) is 5.75 Å². The first kappa shape index (κ1) is 24.8. The summed E-state index contributed by atoms with van der Waals surface area (Å²) in [6.45, 7) is 4.40. The van der Waals surface area contributed by atoms with Crippen LogP contribution < -0.4 is 9.64 Å². The second-order valence-electron chi connectivity index (χ2n) is 9.66. The molecule has 186 valence electrons. The number of carbonyl (C=O) groups is 1. The van der Waals surface area contributed by atoms with Gasteiger partial charge in [0.1, 0.15) is 11.3 Å². The lowest BCUT2D eigenvalue weighted by Gasteiger charge is -2.31. The van der Waals surface area contributed by atoms with E-state index in [2.05, 4.69) is 31.2 Å². The number of aliphatic imine (C=N–C) groups is 1. The van der Waals surface area contributed by atoms with E-state index in [-0.39, 0.29) is 5.91 Å². The molecule has 0 radical (unpaired) electrons. The van der Waals surface area contributed by atoms with Crippen LogP contribution in [0, 0.1) is 6.92 Å². The van der Waals surface area contributed by atoms with Gasteiger partial charge in [0, 0.05) is 22.6 Å². The number of carbonyl (C=O) groups excluding carboxylic acids is 1. The van der Waals surface area contributed by atoms with Crippen LogP contribution in [0.2, 0.25) is 5.02 Å². The molecule has 1 heterocycles. The fourth-order valence-corrected chi connectivity index (χ4v) is 4.97. The third-order valence-corrected chi connectivity index (χ3v) is 7.02. The van der Waals surface area contributed by atoms with Gasteiger partial charge in [-0.1, -0.05) is 83.9 Å². The van der Waals surface area contributed by atoms with Crippen molar-refractivity contribution in [2.24, 2.45) is 4.99 Å². The average Bonchev–Trinajstić information content (AvgIpc) is 3.00. The van der Waals surface area contributed by atoms with Crippen molar-refractivity contribution < 1.29 is 9.53 Å². The van der Waals surface area contributed by atoms with Crippen molar-refractivity contribution in [2.45, 2.75) is 32.4 Å². The van der Waals surface area contributed by atoms with E-state index in [0.29, 0.717) is 18.0 Å². The number of rotatable bonds is 6. The van der Waals surface area contributed by atoms with Gasteiger partial charge in [-0.05, 0) is 55.3 Å². The maximum atomic E-state index is 14.5. The van der Waals surface area contributed by atoms with Crippen LogP contribution in [0.25, 0.3) is 0 Å². The first-order chi connectivity index (χ1) is 17.9. The summed E-state index contributed by atoms with van der Waals surface area (Å²) >= 11 is 6.50. The molecule has 0 saturated heterocycles. The number of methoxy groups -OCH3 is 1. The number of benzodiazepines with no additional fused rings is 1. The van der Waals surface area contributed by atoms with Crippen molar-refractivity contribution in [1.29, 1.82) is 0 Å². The lowest BCUT2D eigenvalue weighted by molar-refractivity contribution is -0.123. The predicted octanol–water partition coefficient (Wildman–Crippen LogP) is 7.04. The summed E-state index contributed by atoms with van der Waals surface area (Å²) < 4.78 is 5.33. The zero-order chi connectivity index (χ0) is 26.0. The Labute approximate surface area is 223 Å². The molecule has 1 atom stereocenters. The van der Waals surface area contributed by atoms with Crippen LogP contribution in [-0.4, -0.2) is 24.3 Å². The van der Waals surface area contributed by atoms with Crippen LogP contribution >= 0.6 is 11.6 Å². The molecule has 0 unspecified atom stereocenters. The zero-order valence-corrected chi connectivity index (χ0v) is 22.0. The maximum absolute atomic E-state index is 14.5. The average molecular weight is 509 g/mol. The summed E-state index contributed by atoms with van der Waals surface area (Å²) in [5.41, 5.74) is 5.55. The topological polar surface area (TPSA) is 41.9 Å². The Hall–Kier alpha value is -3.89. The van der Waals surface area contributed by atoms with Gasteiger partial charge in [-0.3, -0.25) is 9.79 Å². The van der Waals surface area contributed by atoms with Crippen molar-refractivity contribution in [3.8, 4) is 5.75 Å². The van der Waals surface area contributed by atoms with Crippen molar-refractivity contribution in [3.05, 3.63) is 130 Å². The normalized spacial score (nSPS) is 17.1. The Bertz CT molecular complexity index is 1450. The monoisotopic (exact) mass is 508 g/mol. The molecule has 4 nitrogen and oxygen atoms in total. The highest BCUT2D eigenvalue weighted by Crippen LogP contribution is 2.36. The van der Waals surface area contributed by atoms with Gasteiger partial charge in [0.05, 0.1) is 25.1 Å². The number of hydrogen-bond donors (Lipinski definition) is 0. The predicted molar refractivity (Wildman–Crippen MR) is 151 cm³/mol. The second-order valence-corrected chi connectivity index (χ2v) is 10.1. The number of benzene rings is 4. The van der Waals surface area contributed by atoms with E-state index in [9.17, 15) is 4.79 Å². The Balaban J connectivity index is 1.68. The van der Waals surface area contributed by atoms with Gasteiger partial charge >= 0.3 is 0 Å². The van der Waals surface area contributed by atoms with Gasteiger partial charge in [0.15, 0.2) is 0 Å². The quantitative estimate of drug-likeness (QED) is 0.280. The third-order valence-electron chi connectivity index (χ3n) is 6.78. The minimum absolute atomic E-state index is 0.0570. The molecule has 1 amide bonds. The minimum Gasteiger partial charge on any atom is -0.497 e. The lowest BCUT2D eigenvalue weighted by Crippen LogP contribution is -2.46. The van der Waals surface area contributed by atoms with E-state index in [1.54, 1.807) is 7.11 Å². The van der Waals surface area contributed by atoms with E-state index in [4.69, 9.17) is 21.3 Å². The molecule has 1 aliphatic rings. The summed E-state index contributed by atoms with van der Waals surface area (Å²) in [6.07, 6.45) is 0.475. The molecule has 4 aromatic rings. The van der Waals surface area contributed by atoms with E-state index in [1.165, 1.54) is 5.56 Å². The van der Waals surface area contributed by atoms with E-state index < -0.39 is 5.54 Å². The lowest BCUT2D eigenvalue weighted by atomic mass is 9.91.